The molecule has 0 bridgehead atoms. The summed E-state index contributed by atoms with van der Waals surface area (Å²) in [5.74, 6) is -0.849. The smallest absolute Gasteiger partial charge is 0.297 e. The number of nitrogens with one attached hydrogen (secondary N) is 1. The van der Waals surface area contributed by atoms with Crippen molar-refractivity contribution < 1.29 is 9.18 Å². The van der Waals surface area contributed by atoms with Gasteiger partial charge in [-0.05, 0) is 47.4 Å². The van der Waals surface area contributed by atoms with E-state index in [4.69, 9.17) is 23.2 Å². The summed E-state index contributed by atoms with van der Waals surface area (Å²) in [5.41, 5.74) is 0.455. The van der Waals surface area contributed by atoms with E-state index in [9.17, 15) is 14.0 Å². The number of rotatable bonds is 4. The molecule has 1 N–H and O–H groups in total. The summed E-state index contributed by atoms with van der Waals surface area (Å²) >= 11 is 12.8. The van der Waals surface area contributed by atoms with Crippen LogP contribution in [-0.2, 0) is 6.54 Å². The van der Waals surface area contributed by atoms with Crippen LogP contribution in [0.3, 0.4) is 0 Å². The second-order valence-corrected chi connectivity index (χ2v) is 6.89. The SMILES string of the molecule is O=C(Nc1nc(=O)n(Cc2ccc(F)cc2)s1)c1ccc(Cl)cc1Cl. The number of carbonyl (C=O) groups excluding carboxylic acids is 1. The third kappa shape index (κ3) is 4.25. The molecule has 0 aliphatic rings. The Morgan fingerprint density at radius 2 is 1.92 bits per heavy atom. The minimum absolute atomic E-state index is 0.142. The fraction of sp³-hybridized carbons (Fsp3) is 0.0625. The first-order valence-electron chi connectivity index (χ1n) is 7.01. The Bertz CT molecular complexity index is 986. The van der Waals surface area contributed by atoms with Crippen molar-refractivity contribution in [3.8, 4) is 0 Å². The highest BCUT2D eigenvalue weighted by atomic mass is 35.5. The van der Waals surface area contributed by atoms with Gasteiger partial charge in [0.05, 0.1) is 17.1 Å². The molecule has 5 nitrogen and oxygen atoms in total. The van der Waals surface area contributed by atoms with Crippen molar-refractivity contribution in [3.63, 3.8) is 0 Å². The summed E-state index contributed by atoms with van der Waals surface area (Å²) in [6, 6.07) is 10.3. The van der Waals surface area contributed by atoms with Gasteiger partial charge in [0, 0.05) is 5.02 Å². The van der Waals surface area contributed by atoms with Gasteiger partial charge in [-0.25, -0.2) is 13.1 Å². The zero-order valence-electron chi connectivity index (χ0n) is 12.5. The first kappa shape index (κ1) is 17.6. The largest absolute Gasteiger partial charge is 0.360 e. The molecule has 0 saturated heterocycles. The van der Waals surface area contributed by atoms with Crippen LogP contribution in [0, 0.1) is 5.82 Å². The van der Waals surface area contributed by atoms with Crippen LogP contribution < -0.4 is 11.0 Å². The predicted molar refractivity (Wildman–Crippen MR) is 96.3 cm³/mol. The Hall–Kier alpha value is -2.22. The van der Waals surface area contributed by atoms with Crippen molar-refractivity contribution in [2.45, 2.75) is 6.54 Å². The summed E-state index contributed by atoms with van der Waals surface area (Å²) in [5, 5.41) is 3.29. The Kier molecular flexibility index (Phi) is 5.17. The molecule has 0 fully saturated rings. The molecule has 0 aliphatic carbocycles. The number of aromatic nitrogens is 2. The van der Waals surface area contributed by atoms with E-state index in [1.54, 1.807) is 12.1 Å². The molecule has 0 aliphatic heterocycles. The van der Waals surface area contributed by atoms with E-state index in [1.807, 2.05) is 0 Å². The second-order valence-electron chi connectivity index (χ2n) is 5.03. The molecule has 3 rings (SSSR count). The Balaban J connectivity index is 1.77. The molecule has 0 unspecified atom stereocenters. The average Bonchev–Trinajstić information content (AvgIpc) is 2.88. The maximum absolute atomic E-state index is 12.9. The number of amides is 1. The van der Waals surface area contributed by atoms with Crippen LogP contribution in [0.2, 0.25) is 10.0 Å². The van der Waals surface area contributed by atoms with Crippen molar-refractivity contribution in [2.75, 3.05) is 5.32 Å². The maximum atomic E-state index is 12.9. The Labute approximate surface area is 155 Å². The Morgan fingerprint density at radius 1 is 1.20 bits per heavy atom. The van der Waals surface area contributed by atoms with Gasteiger partial charge in [0.15, 0.2) is 0 Å². The van der Waals surface area contributed by atoms with Gasteiger partial charge < -0.3 is 0 Å². The van der Waals surface area contributed by atoms with Crippen LogP contribution in [-0.4, -0.2) is 14.8 Å². The highest BCUT2D eigenvalue weighted by Crippen LogP contribution is 2.22. The van der Waals surface area contributed by atoms with Gasteiger partial charge in [-0.3, -0.25) is 10.1 Å². The van der Waals surface area contributed by atoms with E-state index in [2.05, 4.69) is 10.3 Å². The van der Waals surface area contributed by atoms with E-state index < -0.39 is 11.6 Å². The fourth-order valence-electron chi connectivity index (χ4n) is 2.05. The normalized spacial score (nSPS) is 10.7. The first-order chi connectivity index (χ1) is 11.9. The predicted octanol–water partition coefficient (Wildman–Crippen LogP) is 4.05. The molecule has 0 spiro atoms. The van der Waals surface area contributed by atoms with E-state index >= 15 is 0 Å². The summed E-state index contributed by atoms with van der Waals surface area (Å²) in [6.45, 7) is 0.231. The van der Waals surface area contributed by atoms with Gasteiger partial charge in [-0.1, -0.05) is 35.3 Å². The molecule has 1 amide bonds. The monoisotopic (exact) mass is 397 g/mol. The highest BCUT2D eigenvalue weighted by molar-refractivity contribution is 7.10. The third-order valence-corrected chi connectivity index (χ3v) is 4.66. The molecule has 3 aromatic rings. The molecule has 9 heteroatoms. The van der Waals surface area contributed by atoms with E-state index in [0.29, 0.717) is 5.02 Å². The molecule has 2 aromatic carbocycles. The van der Waals surface area contributed by atoms with Crippen LogP contribution in [0.25, 0.3) is 0 Å². The molecule has 0 radical (unpaired) electrons. The molecule has 128 valence electrons. The standard InChI is InChI=1S/C16H10Cl2FN3O2S/c17-10-3-6-12(13(18)7-10)14(23)20-15-21-16(24)22(25-15)8-9-1-4-11(19)5-2-9/h1-7H,8H2,(H,20,21,23,24). The van der Waals surface area contributed by atoms with Crippen LogP contribution in [0.4, 0.5) is 9.52 Å². The van der Waals surface area contributed by atoms with Crippen molar-refractivity contribution in [1.29, 1.82) is 0 Å². The summed E-state index contributed by atoms with van der Waals surface area (Å²) in [6.07, 6.45) is 0. The summed E-state index contributed by atoms with van der Waals surface area (Å²) in [4.78, 5) is 28.0. The van der Waals surface area contributed by atoms with Crippen molar-refractivity contribution in [2.24, 2.45) is 0 Å². The number of hydrogen-bond donors (Lipinski definition) is 1. The lowest BCUT2D eigenvalue weighted by Crippen LogP contribution is -2.16. The molecule has 0 atom stereocenters. The topological polar surface area (TPSA) is 64.0 Å². The van der Waals surface area contributed by atoms with E-state index in [1.165, 1.54) is 34.3 Å². The maximum Gasteiger partial charge on any atom is 0.360 e. The molecule has 25 heavy (non-hydrogen) atoms. The van der Waals surface area contributed by atoms with Gasteiger partial charge in [0.2, 0.25) is 5.13 Å². The Morgan fingerprint density at radius 3 is 2.60 bits per heavy atom. The van der Waals surface area contributed by atoms with Crippen molar-refractivity contribution in [3.05, 3.63) is 79.9 Å². The molecule has 0 saturated carbocycles. The number of carbonyl (C=O) groups is 1. The quantitative estimate of drug-likeness (QED) is 0.721. The second kappa shape index (κ2) is 7.35. The van der Waals surface area contributed by atoms with Gasteiger partial charge in [-0.15, -0.1) is 0 Å². The fourth-order valence-corrected chi connectivity index (χ4v) is 3.34. The van der Waals surface area contributed by atoms with Gasteiger partial charge in [-0.2, -0.15) is 4.98 Å². The van der Waals surface area contributed by atoms with Crippen LogP contribution in [0.5, 0.6) is 0 Å². The number of anilines is 1. The summed E-state index contributed by atoms with van der Waals surface area (Å²) < 4.78 is 14.3. The van der Waals surface area contributed by atoms with Crippen LogP contribution >= 0.6 is 34.7 Å². The summed E-state index contributed by atoms with van der Waals surface area (Å²) in [7, 11) is 0. The minimum Gasteiger partial charge on any atom is -0.297 e. The van der Waals surface area contributed by atoms with E-state index in [-0.39, 0.29) is 28.1 Å². The highest BCUT2D eigenvalue weighted by Gasteiger charge is 2.14. The van der Waals surface area contributed by atoms with Gasteiger partial charge >= 0.3 is 5.69 Å². The van der Waals surface area contributed by atoms with Crippen LogP contribution in [0.1, 0.15) is 15.9 Å². The number of hydrogen-bond acceptors (Lipinski definition) is 4. The zero-order valence-corrected chi connectivity index (χ0v) is 14.8. The van der Waals surface area contributed by atoms with Crippen molar-refractivity contribution >= 4 is 45.8 Å². The molecule has 1 aromatic heterocycles. The van der Waals surface area contributed by atoms with Gasteiger partial charge in [0.1, 0.15) is 5.82 Å². The van der Waals surface area contributed by atoms with Gasteiger partial charge in [0.25, 0.3) is 5.91 Å². The van der Waals surface area contributed by atoms with Crippen molar-refractivity contribution in [1.82, 2.24) is 8.94 Å². The van der Waals surface area contributed by atoms with E-state index in [0.717, 1.165) is 17.1 Å². The molecule has 1 heterocycles. The minimum atomic E-state index is -0.508. The number of halogens is 3. The zero-order chi connectivity index (χ0) is 18.0. The lowest BCUT2D eigenvalue weighted by atomic mass is 10.2. The third-order valence-electron chi connectivity index (χ3n) is 3.24. The number of benzene rings is 2. The first-order valence-corrected chi connectivity index (χ1v) is 8.54. The van der Waals surface area contributed by atoms with Crippen LogP contribution in [0.15, 0.2) is 47.3 Å². The molecular formula is C16H10Cl2FN3O2S. The average molecular weight is 398 g/mol. The lowest BCUT2D eigenvalue weighted by Gasteiger charge is -2.04. The molecular weight excluding hydrogens is 388 g/mol. The number of nitrogens with zero attached hydrogens (tertiary/aromatic N) is 2. The lowest BCUT2D eigenvalue weighted by molar-refractivity contribution is 0.102.